The van der Waals surface area contributed by atoms with Crippen LogP contribution in [0, 0.1) is 11.8 Å². The zero-order valence-corrected chi connectivity index (χ0v) is 16.3. The standard InChI is InChI=1S/C21H26N2O2S/c1-14-11-12-23(19-6-4-3-5-17(14)19)21(24)18-13-26-20(22-18)15-7-9-16(25-2)10-8-15/h7-10,13-14,17,19H,3-6,11-12H2,1-2H3. The Hall–Kier alpha value is -1.88. The Balaban J connectivity index is 1.54. The van der Waals surface area contributed by atoms with Crippen LogP contribution < -0.4 is 4.74 Å². The van der Waals surface area contributed by atoms with Crippen molar-refractivity contribution >= 4 is 17.2 Å². The van der Waals surface area contributed by atoms with Gasteiger partial charge in [-0.15, -0.1) is 11.3 Å². The van der Waals surface area contributed by atoms with Gasteiger partial charge in [-0.3, -0.25) is 4.79 Å². The molecule has 1 aliphatic heterocycles. The Bertz CT molecular complexity index is 771. The SMILES string of the molecule is COc1ccc(-c2nc(C(=O)N3CCC(C)C4CCCCC43)cs2)cc1. The molecule has 2 fully saturated rings. The number of methoxy groups -OCH3 is 1. The van der Waals surface area contributed by atoms with Gasteiger partial charge in [-0.1, -0.05) is 19.8 Å². The molecule has 5 heteroatoms. The van der Waals surface area contributed by atoms with Gasteiger partial charge in [0, 0.05) is 23.5 Å². The summed E-state index contributed by atoms with van der Waals surface area (Å²) in [5, 5.41) is 2.80. The zero-order chi connectivity index (χ0) is 18.1. The molecule has 0 N–H and O–H groups in total. The number of benzene rings is 1. The number of hydrogen-bond acceptors (Lipinski definition) is 4. The average Bonchev–Trinajstić information content (AvgIpc) is 3.18. The fourth-order valence-electron chi connectivity index (χ4n) is 4.55. The fourth-order valence-corrected chi connectivity index (χ4v) is 5.35. The lowest BCUT2D eigenvalue weighted by Crippen LogP contribution is -2.52. The fraction of sp³-hybridized carbons (Fsp3) is 0.524. The monoisotopic (exact) mass is 370 g/mol. The lowest BCUT2D eigenvalue weighted by atomic mass is 9.72. The minimum Gasteiger partial charge on any atom is -0.497 e. The van der Waals surface area contributed by atoms with Crippen molar-refractivity contribution in [3.05, 3.63) is 35.3 Å². The van der Waals surface area contributed by atoms with E-state index < -0.39 is 0 Å². The molecule has 2 aromatic rings. The first kappa shape index (κ1) is 17.5. The third-order valence-corrected chi connectivity index (χ3v) is 6.95. The summed E-state index contributed by atoms with van der Waals surface area (Å²) in [6, 6.07) is 8.25. The van der Waals surface area contributed by atoms with Crippen molar-refractivity contribution < 1.29 is 9.53 Å². The number of nitrogens with zero attached hydrogens (tertiary/aromatic N) is 2. The van der Waals surface area contributed by atoms with E-state index in [0.29, 0.717) is 17.7 Å². The molecule has 0 bridgehead atoms. The number of likely N-dealkylation sites (tertiary alicyclic amines) is 1. The van der Waals surface area contributed by atoms with Gasteiger partial charge in [0.1, 0.15) is 16.5 Å². The van der Waals surface area contributed by atoms with Crippen molar-refractivity contribution in [2.45, 2.75) is 45.1 Å². The summed E-state index contributed by atoms with van der Waals surface area (Å²) in [6.07, 6.45) is 6.08. The number of fused-ring (bicyclic) bond motifs is 1. The highest BCUT2D eigenvalue weighted by Gasteiger charge is 2.40. The van der Waals surface area contributed by atoms with E-state index in [-0.39, 0.29) is 5.91 Å². The molecule has 0 spiro atoms. The van der Waals surface area contributed by atoms with E-state index in [4.69, 9.17) is 4.74 Å². The Morgan fingerprint density at radius 3 is 2.73 bits per heavy atom. The summed E-state index contributed by atoms with van der Waals surface area (Å²) in [5.74, 6) is 2.34. The van der Waals surface area contributed by atoms with Crippen LogP contribution in [0.25, 0.3) is 10.6 Å². The van der Waals surface area contributed by atoms with Crippen LogP contribution in [-0.2, 0) is 0 Å². The van der Waals surface area contributed by atoms with Crippen molar-refractivity contribution in [1.29, 1.82) is 0 Å². The second kappa shape index (κ2) is 7.39. The summed E-state index contributed by atoms with van der Waals surface area (Å²) >= 11 is 1.54. The summed E-state index contributed by atoms with van der Waals surface area (Å²) in [6.45, 7) is 3.23. The molecule has 3 atom stereocenters. The Morgan fingerprint density at radius 1 is 1.19 bits per heavy atom. The maximum atomic E-state index is 13.2. The molecule has 1 amide bonds. The lowest BCUT2D eigenvalue weighted by molar-refractivity contribution is 0.0214. The number of rotatable bonds is 3. The maximum Gasteiger partial charge on any atom is 0.273 e. The van der Waals surface area contributed by atoms with Crippen LogP contribution in [0.5, 0.6) is 5.75 Å². The quantitative estimate of drug-likeness (QED) is 0.775. The molecular formula is C21H26N2O2S. The van der Waals surface area contributed by atoms with Crippen molar-refractivity contribution in [2.75, 3.05) is 13.7 Å². The number of piperidine rings is 1. The van der Waals surface area contributed by atoms with Crippen LogP contribution in [0.2, 0.25) is 0 Å². The van der Waals surface area contributed by atoms with E-state index in [9.17, 15) is 4.79 Å². The molecular weight excluding hydrogens is 344 g/mol. The molecule has 1 aromatic heterocycles. The van der Waals surface area contributed by atoms with Crippen LogP contribution in [0.4, 0.5) is 0 Å². The highest BCUT2D eigenvalue weighted by atomic mass is 32.1. The highest BCUT2D eigenvalue weighted by Crippen LogP contribution is 2.39. The van der Waals surface area contributed by atoms with Crippen LogP contribution in [0.1, 0.15) is 49.5 Å². The topological polar surface area (TPSA) is 42.4 Å². The van der Waals surface area contributed by atoms with Crippen LogP contribution >= 0.6 is 11.3 Å². The number of amides is 1. The molecule has 3 unspecified atom stereocenters. The molecule has 138 valence electrons. The molecule has 2 heterocycles. The normalized spacial score (nSPS) is 25.6. The molecule has 1 aliphatic carbocycles. The summed E-state index contributed by atoms with van der Waals surface area (Å²) < 4.78 is 5.21. The van der Waals surface area contributed by atoms with Gasteiger partial charge in [0.15, 0.2) is 0 Å². The first-order chi connectivity index (χ1) is 12.7. The molecule has 4 nitrogen and oxygen atoms in total. The largest absolute Gasteiger partial charge is 0.497 e. The summed E-state index contributed by atoms with van der Waals surface area (Å²) in [7, 11) is 1.66. The number of hydrogen-bond donors (Lipinski definition) is 0. The van der Waals surface area contributed by atoms with Gasteiger partial charge >= 0.3 is 0 Å². The van der Waals surface area contributed by atoms with E-state index in [1.807, 2.05) is 29.6 Å². The van der Waals surface area contributed by atoms with Gasteiger partial charge in [0.05, 0.1) is 7.11 Å². The van der Waals surface area contributed by atoms with E-state index in [1.165, 1.54) is 30.6 Å². The van der Waals surface area contributed by atoms with Crippen molar-refractivity contribution in [3.8, 4) is 16.3 Å². The number of ether oxygens (including phenoxy) is 1. The van der Waals surface area contributed by atoms with E-state index in [1.54, 1.807) is 7.11 Å². The van der Waals surface area contributed by atoms with Crippen molar-refractivity contribution in [3.63, 3.8) is 0 Å². The van der Waals surface area contributed by atoms with E-state index in [0.717, 1.165) is 41.6 Å². The molecule has 1 aromatic carbocycles. The van der Waals surface area contributed by atoms with Gasteiger partial charge in [0.25, 0.3) is 5.91 Å². The van der Waals surface area contributed by atoms with Crippen LogP contribution in [-0.4, -0.2) is 35.5 Å². The van der Waals surface area contributed by atoms with Gasteiger partial charge in [0.2, 0.25) is 0 Å². The molecule has 4 rings (SSSR count). The number of thiazole rings is 1. The predicted molar refractivity (Wildman–Crippen MR) is 105 cm³/mol. The third-order valence-electron chi connectivity index (χ3n) is 6.06. The smallest absolute Gasteiger partial charge is 0.273 e. The first-order valence-corrected chi connectivity index (χ1v) is 10.5. The minimum atomic E-state index is 0.116. The first-order valence-electron chi connectivity index (χ1n) is 9.58. The highest BCUT2D eigenvalue weighted by molar-refractivity contribution is 7.13. The van der Waals surface area contributed by atoms with E-state index in [2.05, 4.69) is 16.8 Å². The molecule has 1 saturated heterocycles. The molecule has 2 aliphatic rings. The molecule has 26 heavy (non-hydrogen) atoms. The molecule has 0 radical (unpaired) electrons. The predicted octanol–water partition coefficient (Wildman–Crippen LogP) is 4.86. The van der Waals surface area contributed by atoms with Gasteiger partial charge in [-0.25, -0.2) is 4.98 Å². The van der Waals surface area contributed by atoms with Crippen molar-refractivity contribution in [1.82, 2.24) is 9.88 Å². The number of carbonyl (C=O) groups is 1. The number of carbonyl (C=O) groups excluding carboxylic acids is 1. The van der Waals surface area contributed by atoms with Gasteiger partial charge < -0.3 is 9.64 Å². The van der Waals surface area contributed by atoms with Gasteiger partial charge in [-0.05, 0) is 55.4 Å². The average molecular weight is 371 g/mol. The van der Waals surface area contributed by atoms with Crippen LogP contribution in [0.15, 0.2) is 29.6 Å². The van der Waals surface area contributed by atoms with E-state index >= 15 is 0 Å². The van der Waals surface area contributed by atoms with Crippen LogP contribution in [0.3, 0.4) is 0 Å². The minimum absolute atomic E-state index is 0.116. The lowest BCUT2D eigenvalue weighted by Gasteiger charge is -2.47. The van der Waals surface area contributed by atoms with Crippen molar-refractivity contribution in [2.24, 2.45) is 11.8 Å². The van der Waals surface area contributed by atoms with Gasteiger partial charge in [-0.2, -0.15) is 0 Å². The second-order valence-corrected chi connectivity index (χ2v) is 8.40. The third kappa shape index (κ3) is 3.25. The Morgan fingerprint density at radius 2 is 1.96 bits per heavy atom. The summed E-state index contributed by atoms with van der Waals surface area (Å²) in [5.41, 5.74) is 1.62. The Labute approximate surface area is 159 Å². The summed E-state index contributed by atoms with van der Waals surface area (Å²) in [4.78, 5) is 19.9. The molecule has 1 saturated carbocycles. The second-order valence-electron chi connectivity index (χ2n) is 7.55. The Kier molecular flexibility index (Phi) is 4.98. The zero-order valence-electron chi connectivity index (χ0n) is 15.5. The maximum absolute atomic E-state index is 13.2. The number of aromatic nitrogens is 1.